The second-order valence-electron chi connectivity index (χ2n) is 8.58. The second kappa shape index (κ2) is 7.82. The predicted octanol–water partition coefficient (Wildman–Crippen LogP) is 3.10. The molecule has 3 aliphatic rings. The molecule has 32 heavy (non-hydrogen) atoms. The van der Waals surface area contributed by atoms with Gasteiger partial charge < -0.3 is 14.7 Å². The number of nitrogens with zero attached hydrogens (tertiary/aromatic N) is 5. The molecule has 0 aromatic heterocycles. The zero-order chi connectivity index (χ0) is 22.4. The van der Waals surface area contributed by atoms with Gasteiger partial charge in [0.25, 0.3) is 5.91 Å². The van der Waals surface area contributed by atoms with E-state index in [1.54, 1.807) is 11.9 Å². The van der Waals surface area contributed by atoms with Crippen LogP contribution in [0.1, 0.15) is 16.7 Å². The first-order chi connectivity index (χ1) is 15.5. The van der Waals surface area contributed by atoms with Gasteiger partial charge in [0.05, 0.1) is 0 Å². The van der Waals surface area contributed by atoms with Gasteiger partial charge in [0.2, 0.25) is 5.96 Å². The van der Waals surface area contributed by atoms with Crippen LogP contribution in [-0.4, -0.2) is 71.5 Å². The van der Waals surface area contributed by atoms with Crippen molar-refractivity contribution in [2.45, 2.75) is 26.1 Å². The molecule has 2 unspecified atom stereocenters. The van der Waals surface area contributed by atoms with Crippen LogP contribution in [0, 0.1) is 13.8 Å². The van der Waals surface area contributed by atoms with Crippen LogP contribution in [0.25, 0.3) is 6.08 Å². The minimum Gasteiger partial charge on any atom is -0.325 e. The number of amides is 3. The Labute approximate surface area is 188 Å². The van der Waals surface area contributed by atoms with Gasteiger partial charge in [0.1, 0.15) is 0 Å². The number of carbonyl (C=O) groups excluding carboxylic acids is 2. The maximum Gasteiger partial charge on any atom is 0.328 e. The van der Waals surface area contributed by atoms with Gasteiger partial charge in [0, 0.05) is 32.4 Å². The fraction of sp³-hybridized carbons (Fsp3) is 0.320. The van der Waals surface area contributed by atoms with Gasteiger partial charge in [-0.05, 0) is 36.6 Å². The number of aryl methyl sites for hydroxylation is 2. The highest BCUT2D eigenvalue weighted by atomic mass is 16.2. The molecule has 2 atom stereocenters. The summed E-state index contributed by atoms with van der Waals surface area (Å²) in [5, 5.41) is 0. The second-order valence-corrected chi connectivity index (χ2v) is 8.58. The minimum absolute atomic E-state index is 0.183. The van der Waals surface area contributed by atoms with Gasteiger partial charge >= 0.3 is 6.03 Å². The normalized spacial score (nSPS) is 22.7. The first kappa shape index (κ1) is 20.3. The highest BCUT2D eigenvalue weighted by Crippen LogP contribution is 2.34. The molecule has 3 amide bonds. The number of aliphatic imine (C=N–C) groups is 1. The van der Waals surface area contributed by atoms with Crippen LogP contribution in [0.5, 0.6) is 0 Å². The number of imide groups is 1. The lowest BCUT2D eigenvalue weighted by Crippen LogP contribution is -2.64. The maximum absolute atomic E-state index is 13.4. The number of benzene rings is 2. The third kappa shape index (κ3) is 3.25. The van der Waals surface area contributed by atoms with Crippen LogP contribution < -0.4 is 4.90 Å². The van der Waals surface area contributed by atoms with Crippen LogP contribution in [0.15, 0.2) is 59.6 Å². The first-order valence-electron chi connectivity index (χ1n) is 10.9. The average Bonchev–Trinajstić information content (AvgIpc) is 3.36. The van der Waals surface area contributed by atoms with Gasteiger partial charge in [-0.1, -0.05) is 54.6 Å². The number of anilines is 1. The highest BCUT2D eigenvalue weighted by molar-refractivity contribution is 6.08. The number of hydrogen-bond acceptors (Lipinski definition) is 5. The van der Waals surface area contributed by atoms with E-state index in [0.717, 1.165) is 23.8 Å². The Morgan fingerprint density at radius 3 is 2.62 bits per heavy atom. The van der Waals surface area contributed by atoms with Crippen molar-refractivity contribution >= 4 is 29.7 Å². The van der Waals surface area contributed by atoms with Gasteiger partial charge in [-0.2, -0.15) is 0 Å². The van der Waals surface area contributed by atoms with E-state index in [2.05, 4.69) is 41.8 Å². The third-order valence-electron chi connectivity index (χ3n) is 6.43. The number of guanidine groups is 1. The lowest BCUT2D eigenvalue weighted by molar-refractivity contribution is -0.136. The summed E-state index contributed by atoms with van der Waals surface area (Å²) in [6.07, 6.45) is 3.30. The molecule has 3 heterocycles. The number of carbonyl (C=O) groups is 2. The maximum atomic E-state index is 13.4. The smallest absolute Gasteiger partial charge is 0.325 e. The van der Waals surface area contributed by atoms with Crippen molar-refractivity contribution in [3.63, 3.8) is 0 Å². The van der Waals surface area contributed by atoms with Crippen LogP contribution in [-0.2, 0) is 4.79 Å². The molecule has 2 fully saturated rings. The summed E-state index contributed by atoms with van der Waals surface area (Å²) in [5.41, 5.74) is 4.48. The summed E-state index contributed by atoms with van der Waals surface area (Å²) in [6, 6.07) is 15.4. The van der Waals surface area contributed by atoms with Crippen LogP contribution in [0.3, 0.4) is 0 Å². The molecule has 0 radical (unpaired) electrons. The molecule has 164 valence electrons. The van der Waals surface area contributed by atoms with Crippen molar-refractivity contribution in [1.82, 2.24) is 14.7 Å². The summed E-state index contributed by atoms with van der Waals surface area (Å²) >= 11 is 0. The molecule has 2 aromatic rings. The number of likely N-dealkylation sites (N-methyl/N-ethyl adjacent to an activating group) is 1. The van der Waals surface area contributed by atoms with E-state index < -0.39 is 12.2 Å². The standard InChI is InChI=1S/C25H27N5O2/c1-17-11-12-18(2)20(16-17)28-14-15-29-21-22(26-24(28)29)27(3)25(32)30(23(21)31)13-7-10-19-8-5-4-6-9-19/h4-12,16,21-22H,13-15H2,1-3H3/b10-7+. The SMILES string of the molecule is Cc1ccc(C)c(N2CCN3C2=NC2C3C(=O)N(C/C=C/c3ccccc3)C(=O)N2C)c1. The Bertz CT molecular complexity index is 1130. The lowest BCUT2D eigenvalue weighted by Gasteiger charge is -2.40. The van der Waals surface area contributed by atoms with Crippen molar-refractivity contribution in [3.8, 4) is 0 Å². The molecule has 0 spiro atoms. The molecule has 5 rings (SSSR count). The van der Waals surface area contributed by atoms with E-state index in [1.165, 1.54) is 16.0 Å². The molecule has 7 heteroatoms. The highest BCUT2D eigenvalue weighted by Gasteiger charge is 2.54. The summed E-state index contributed by atoms with van der Waals surface area (Å²) in [6.45, 7) is 5.87. The predicted molar refractivity (Wildman–Crippen MR) is 125 cm³/mol. The molecule has 0 saturated carbocycles. The number of hydrogen-bond donors (Lipinski definition) is 0. The molecule has 0 N–H and O–H groups in total. The van der Waals surface area contributed by atoms with E-state index in [-0.39, 0.29) is 18.5 Å². The first-order valence-corrected chi connectivity index (χ1v) is 10.9. The Morgan fingerprint density at radius 2 is 1.84 bits per heavy atom. The van der Waals surface area contributed by atoms with E-state index in [1.807, 2.05) is 42.5 Å². The molecule has 7 nitrogen and oxygen atoms in total. The molecular formula is C25H27N5O2. The zero-order valence-electron chi connectivity index (χ0n) is 18.6. The molecular weight excluding hydrogens is 402 g/mol. The Hall–Kier alpha value is -3.61. The van der Waals surface area contributed by atoms with Crippen LogP contribution in [0.4, 0.5) is 10.5 Å². The Morgan fingerprint density at radius 1 is 1.06 bits per heavy atom. The van der Waals surface area contributed by atoms with Crippen molar-refractivity contribution < 1.29 is 9.59 Å². The molecule has 0 aliphatic carbocycles. The summed E-state index contributed by atoms with van der Waals surface area (Å²) in [5.74, 6) is 0.598. The molecule has 0 bridgehead atoms. The zero-order valence-corrected chi connectivity index (χ0v) is 18.6. The van der Waals surface area contributed by atoms with E-state index in [0.29, 0.717) is 6.54 Å². The Kier molecular flexibility index (Phi) is 4.96. The van der Waals surface area contributed by atoms with Crippen LogP contribution in [0.2, 0.25) is 0 Å². The molecule has 2 saturated heterocycles. The van der Waals surface area contributed by atoms with Gasteiger partial charge in [0.15, 0.2) is 12.2 Å². The van der Waals surface area contributed by atoms with Crippen LogP contribution >= 0.6 is 0 Å². The van der Waals surface area contributed by atoms with Gasteiger partial charge in [-0.15, -0.1) is 0 Å². The van der Waals surface area contributed by atoms with Gasteiger partial charge in [-0.3, -0.25) is 9.69 Å². The molecule has 2 aromatic carbocycles. The topological polar surface area (TPSA) is 59.5 Å². The summed E-state index contributed by atoms with van der Waals surface area (Å²) in [7, 11) is 1.73. The largest absolute Gasteiger partial charge is 0.328 e. The summed E-state index contributed by atoms with van der Waals surface area (Å²) in [4.78, 5) is 38.4. The number of rotatable bonds is 4. The van der Waals surface area contributed by atoms with E-state index >= 15 is 0 Å². The fourth-order valence-electron chi connectivity index (χ4n) is 4.70. The fourth-order valence-corrected chi connectivity index (χ4v) is 4.70. The van der Waals surface area contributed by atoms with Crippen molar-refractivity contribution in [1.29, 1.82) is 0 Å². The monoisotopic (exact) mass is 429 g/mol. The van der Waals surface area contributed by atoms with Gasteiger partial charge in [-0.25, -0.2) is 9.79 Å². The minimum atomic E-state index is -0.493. The number of urea groups is 1. The van der Waals surface area contributed by atoms with Crippen molar-refractivity contribution in [2.24, 2.45) is 4.99 Å². The lowest BCUT2D eigenvalue weighted by atomic mass is 10.1. The van der Waals surface area contributed by atoms with Crippen molar-refractivity contribution in [3.05, 3.63) is 71.3 Å². The van der Waals surface area contributed by atoms with E-state index in [9.17, 15) is 9.59 Å². The third-order valence-corrected chi connectivity index (χ3v) is 6.43. The van der Waals surface area contributed by atoms with Crippen molar-refractivity contribution in [2.75, 3.05) is 31.6 Å². The Balaban J connectivity index is 1.39. The quantitative estimate of drug-likeness (QED) is 0.750. The summed E-state index contributed by atoms with van der Waals surface area (Å²) < 4.78 is 0. The molecule has 3 aliphatic heterocycles. The number of fused-ring (bicyclic) bond motifs is 3. The average molecular weight is 430 g/mol. The van der Waals surface area contributed by atoms with E-state index in [4.69, 9.17) is 4.99 Å².